The molecule has 1 saturated carbocycles. The summed E-state index contributed by atoms with van der Waals surface area (Å²) in [5.41, 5.74) is 19.1. The van der Waals surface area contributed by atoms with Crippen molar-refractivity contribution in [3.8, 4) is 28.4 Å². The molecule has 1 aliphatic carbocycles. The zero-order chi connectivity index (χ0) is 101. The van der Waals surface area contributed by atoms with Crippen LogP contribution in [0.25, 0.3) is 28.4 Å². The van der Waals surface area contributed by atoms with Crippen LogP contribution in [0.15, 0.2) is 256 Å². The van der Waals surface area contributed by atoms with Gasteiger partial charge in [-0.2, -0.15) is 0 Å². The fraction of sp³-hybridized carbons (Fsp3) is 0.288. The van der Waals surface area contributed by atoms with E-state index >= 15 is 0 Å². The minimum atomic E-state index is -0.416. The number of carbonyl (C=O) groups excluding carboxylic acids is 5. The summed E-state index contributed by atoms with van der Waals surface area (Å²) in [4.78, 5) is 116. The zero-order valence-corrected chi connectivity index (χ0v) is 85.0. The van der Waals surface area contributed by atoms with E-state index in [9.17, 15) is 28.4 Å². The first kappa shape index (κ1) is 101. The summed E-state index contributed by atoms with van der Waals surface area (Å²) in [7, 11) is 1.62. The highest BCUT2D eigenvalue weighted by Crippen LogP contribution is 2.45. The number of hydrogen-bond acceptors (Lipinski definition) is 22. The number of pyridine rings is 4. The number of nitrogens with zero attached hydrogens (tertiary/aromatic N) is 21. The van der Waals surface area contributed by atoms with Crippen molar-refractivity contribution in [1.29, 1.82) is 0 Å². The van der Waals surface area contributed by atoms with Crippen LogP contribution in [0.4, 0.5) is 4.39 Å². The summed E-state index contributed by atoms with van der Waals surface area (Å²) in [5, 5.41) is 20.8. The topological polar surface area (TPSA) is 323 Å². The van der Waals surface area contributed by atoms with Crippen LogP contribution in [0.2, 0.25) is 25.1 Å². The number of hydrogen-bond donors (Lipinski definition) is 0. The van der Waals surface area contributed by atoms with E-state index in [0.29, 0.717) is 125 Å². The van der Waals surface area contributed by atoms with E-state index in [4.69, 9.17) is 92.7 Å². The molecule has 33 heteroatoms. The van der Waals surface area contributed by atoms with Gasteiger partial charge in [-0.15, -0.1) is 20.4 Å². The third kappa shape index (κ3) is 22.4. The van der Waals surface area contributed by atoms with Gasteiger partial charge in [0.25, 0.3) is 0 Å². The molecule has 15 aromatic rings. The summed E-state index contributed by atoms with van der Waals surface area (Å²) in [6.07, 6.45) is 21.9. The number of Topliss-reactive ketones (excluding diaryl/α,β-unsaturated/α-hetero) is 5. The first-order chi connectivity index (χ1) is 69.7. The fourth-order valence-electron chi connectivity index (χ4n) is 18.5. The predicted molar refractivity (Wildman–Crippen MR) is 559 cm³/mol. The molecule has 732 valence electrons. The van der Waals surface area contributed by atoms with Gasteiger partial charge < -0.3 is 28.7 Å². The Morgan fingerprint density at radius 2 is 0.715 bits per heavy atom. The largest absolute Gasteiger partial charge is 0.378 e. The summed E-state index contributed by atoms with van der Waals surface area (Å²) in [6.45, 7) is 16.6. The van der Waals surface area contributed by atoms with E-state index in [0.717, 1.165) is 149 Å². The van der Waals surface area contributed by atoms with Gasteiger partial charge in [0, 0.05) is 165 Å². The number of ketones is 5. The summed E-state index contributed by atoms with van der Waals surface area (Å²) in [5.74, 6) is 6.55. The third-order valence-electron chi connectivity index (χ3n) is 25.6. The second-order valence-electron chi connectivity index (χ2n) is 36.4. The van der Waals surface area contributed by atoms with Crippen molar-refractivity contribution in [3.63, 3.8) is 0 Å². The number of aromatic nitrogens is 16. The molecule has 0 unspecified atom stereocenters. The number of rotatable bonds is 25. The molecule has 6 aromatic carbocycles. The highest BCUT2D eigenvalue weighted by Gasteiger charge is 2.38. The maximum Gasteiger partial charge on any atom is 0.162 e. The smallest absolute Gasteiger partial charge is 0.162 e. The second-order valence-corrected chi connectivity index (χ2v) is 38.5. The van der Waals surface area contributed by atoms with E-state index in [1.807, 2.05) is 176 Å². The van der Waals surface area contributed by atoms with Crippen molar-refractivity contribution < 1.29 is 33.1 Å². The molecule has 144 heavy (non-hydrogen) atoms. The van der Waals surface area contributed by atoms with E-state index in [1.165, 1.54) is 31.0 Å². The van der Waals surface area contributed by atoms with Crippen molar-refractivity contribution >= 4 is 115 Å². The molecule has 5 atom stereocenters. The Bertz CT molecular complexity index is 7490. The van der Waals surface area contributed by atoms with Crippen molar-refractivity contribution in [2.75, 3.05) is 7.11 Å². The average Bonchev–Trinajstić information content (AvgIpc) is 1.61. The normalized spacial score (nSPS) is 16.0. The Balaban J connectivity index is 0.000000124. The van der Waals surface area contributed by atoms with Gasteiger partial charge in [-0.1, -0.05) is 122 Å². The number of aryl methyl sites for hydroxylation is 2. The summed E-state index contributed by atoms with van der Waals surface area (Å²) >= 11 is 31.8. The molecule has 0 saturated heterocycles. The molecule has 0 bridgehead atoms. The van der Waals surface area contributed by atoms with Crippen molar-refractivity contribution in [1.82, 2.24) is 78.1 Å². The van der Waals surface area contributed by atoms with Crippen LogP contribution in [-0.2, 0) is 41.7 Å². The molecule has 27 nitrogen and oxygen atoms in total. The molecule has 0 N–H and O–H groups in total. The Morgan fingerprint density at radius 3 is 1.10 bits per heavy atom. The monoisotopic (exact) mass is 2020 g/mol. The fourth-order valence-corrected chi connectivity index (χ4v) is 19.3. The van der Waals surface area contributed by atoms with Crippen molar-refractivity contribution in [3.05, 3.63) is 376 Å². The summed E-state index contributed by atoms with van der Waals surface area (Å²) in [6, 6.07) is 56.8. The van der Waals surface area contributed by atoms with Gasteiger partial charge >= 0.3 is 0 Å². The molecule has 9 aromatic heterocycles. The van der Waals surface area contributed by atoms with Gasteiger partial charge in [-0.3, -0.25) is 67.7 Å². The van der Waals surface area contributed by atoms with Crippen LogP contribution in [0.5, 0.6) is 0 Å². The average molecular weight is 2030 g/mol. The first-order valence-corrected chi connectivity index (χ1v) is 49.9. The van der Waals surface area contributed by atoms with Gasteiger partial charge in [0.2, 0.25) is 0 Å². The third-order valence-corrected chi connectivity index (χ3v) is 26.7. The number of halogens is 6. The summed E-state index contributed by atoms with van der Waals surface area (Å²) < 4.78 is 30.6. The predicted octanol–water partition coefficient (Wildman–Crippen LogP) is 23.9. The second kappa shape index (κ2) is 45.6. The number of fused-ring (bicyclic) bond motifs is 15. The lowest BCUT2D eigenvalue weighted by atomic mass is 9.83. The molecular weight excluding hydrogens is 1920 g/mol. The SMILES string of the molecule is CC(=O)CC[C@@H]1N=C(c2ccccn2)c2cc(Cl)ccc2-n2c(C(C)C)nnc21.CC(=O)CC[C@@H]1N=C(c2ccccn2)c2cc(Cl)ccc2-n2c(C)cnc21.CC(=O)CC[C@@H]1N=C(c2ccccn2)c2cc(Cl)ccc2-n2c(C3CCC3)cnc21.CCc1nnc2n1-c1ccc(Cl)cc1C(c1ccccn1)=N[C@H]2CCC(C)=O.COCc1cnc2n1-c1ccc(Cl)cc1C(c1ccccc1F)=N[C@H]2CCC(C)=O. The van der Waals surface area contributed by atoms with Crippen LogP contribution >= 0.6 is 58.0 Å². The van der Waals surface area contributed by atoms with E-state index in [1.54, 1.807) is 103 Å². The van der Waals surface area contributed by atoms with Gasteiger partial charge in [-0.05, 0) is 238 Å². The number of aliphatic imine (C=N–C) groups is 5. The Labute approximate surface area is 858 Å². The first-order valence-electron chi connectivity index (χ1n) is 48.0. The Morgan fingerprint density at radius 1 is 0.375 bits per heavy atom. The number of ether oxygens (including phenoxy) is 1. The standard InChI is InChI=1S/C24H23ClN4O.C23H21ClFN3O2.C22H22ClN5O.C21H20ClN5O.C21H19ClN4O/c1-15(30)8-10-20-24-27-14-22(16-5-4-6-16)29(24)21-11-9-17(25)13-18(21)23(28-20)19-7-2-3-12-26-19;1-14(29)7-9-20-23-26-12-16(13-30-2)28(23)21-10-8-15(24)11-18(21)22(27-20)17-5-3-4-6-19(17)25;1-13(2)21-26-27-22-18(9-7-14(3)29)25-20(17-6-4-5-11-24-17)16-12-15(23)8-10-19(16)28(21)22;1-3-19-25-26-21-17(9-7-13(2)28)24-20(16-6-4-5-11-23-16)15-12-14(22)8-10-18(15)27(19)21;1-13-12-24-21-18(8-6-14(2)27)25-20(17-5-3-4-10-23-17)16-11-15(22)7-9-19(16)26(13)21/h2-3,7,9,11-14,16,20H,4-6,8,10H2,1H3;3-6,8,10-12,20H,7,9,13H2,1-2H3;4-6,8,10-13,18H,7,9H2,1-3H3;4-6,8,10-12,17H,3,7,9H2,1-2H3;3-5,7,9-12,18H,6,8H2,1-2H3/t2*20-;18-;17-;18-/m00000/s1. The number of carbonyl (C=O) groups is 5. The number of imidazole rings is 3. The van der Waals surface area contributed by atoms with Crippen LogP contribution in [0.1, 0.15) is 295 Å². The van der Waals surface area contributed by atoms with E-state index in [2.05, 4.69) is 88.5 Å². The Hall–Kier alpha value is -14.1. The molecular formula is C111H105Cl5FN21O6. The van der Waals surface area contributed by atoms with E-state index < -0.39 is 6.04 Å². The van der Waals surface area contributed by atoms with Crippen LogP contribution < -0.4 is 0 Å². The Kier molecular flexibility index (Phi) is 32.1. The van der Waals surface area contributed by atoms with Gasteiger partial charge in [-0.25, -0.2) is 19.3 Å². The van der Waals surface area contributed by atoms with Gasteiger partial charge in [0.05, 0.1) is 98.3 Å². The quantitative estimate of drug-likeness (QED) is 0.0513. The molecule has 6 aliphatic rings. The number of methoxy groups -OCH3 is 1. The lowest BCUT2D eigenvalue weighted by Gasteiger charge is -2.27. The zero-order valence-electron chi connectivity index (χ0n) is 81.2. The van der Waals surface area contributed by atoms with Crippen molar-refractivity contribution in [2.24, 2.45) is 25.0 Å². The van der Waals surface area contributed by atoms with Crippen LogP contribution in [0, 0.1) is 12.7 Å². The molecule has 14 heterocycles. The van der Waals surface area contributed by atoms with Crippen LogP contribution in [-0.4, -0.2) is 143 Å². The number of benzene rings is 6. The molecule has 5 aliphatic heterocycles. The lowest BCUT2D eigenvalue weighted by molar-refractivity contribution is -0.118. The molecule has 0 radical (unpaired) electrons. The minimum absolute atomic E-state index is 0.0673. The highest BCUT2D eigenvalue weighted by atomic mass is 35.5. The maximum absolute atomic E-state index is 14.8. The van der Waals surface area contributed by atoms with Gasteiger partial charge in [0.1, 0.15) is 94.1 Å². The molecule has 21 rings (SSSR count). The molecule has 1 fully saturated rings. The van der Waals surface area contributed by atoms with Gasteiger partial charge in [0.15, 0.2) is 11.6 Å². The van der Waals surface area contributed by atoms with E-state index in [-0.39, 0.29) is 64.8 Å². The molecule has 0 spiro atoms. The van der Waals surface area contributed by atoms with Crippen molar-refractivity contribution in [2.45, 2.75) is 201 Å². The highest BCUT2D eigenvalue weighted by molar-refractivity contribution is 6.33. The molecule has 0 amide bonds. The van der Waals surface area contributed by atoms with Crippen LogP contribution in [0.3, 0.4) is 0 Å². The maximum atomic E-state index is 14.8. The lowest BCUT2D eigenvalue weighted by Crippen LogP contribution is -2.16. The minimum Gasteiger partial charge on any atom is -0.378 e.